The molecule has 0 aliphatic heterocycles. The predicted octanol–water partition coefficient (Wildman–Crippen LogP) is 4.10. The van der Waals surface area contributed by atoms with Gasteiger partial charge in [-0.3, -0.25) is 9.59 Å². The highest BCUT2D eigenvalue weighted by molar-refractivity contribution is 6.06. The Bertz CT molecular complexity index is 1000. The summed E-state index contributed by atoms with van der Waals surface area (Å²) in [6.45, 7) is 0.653. The van der Waals surface area contributed by atoms with E-state index in [1.54, 1.807) is 62.6 Å². The quantitative estimate of drug-likeness (QED) is 0.574. The Labute approximate surface area is 176 Å². The number of para-hydroxylation sites is 2. The molecule has 0 bridgehead atoms. The van der Waals surface area contributed by atoms with Crippen LogP contribution in [0.1, 0.15) is 20.7 Å². The van der Waals surface area contributed by atoms with Gasteiger partial charge in [-0.1, -0.05) is 36.4 Å². The summed E-state index contributed by atoms with van der Waals surface area (Å²) >= 11 is 0. The van der Waals surface area contributed by atoms with E-state index in [2.05, 4.69) is 5.32 Å². The normalized spacial score (nSPS) is 10.2. The Kier molecular flexibility index (Phi) is 7.05. The number of benzene rings is 3. The second-order valence-electron chi connectivity index (χ2n) is 6.74. The second-order valence-corrected chi connectivity index (χ2v) is 6.74. The smallest absolute Gasteiger partial charge is 0.259 e. The van der Waals surface area contributed by atoms with Gasteiger partial charge < -0.3 is 19.7 Å². The molecule has 3 rings (SSSR count). The van der Waals surface area contributed by atoms with Crippen LogP contribution in [-0.4, -0.2) is 44.0 Å². The first kappa shape index (κ1) is 20.9. The molecule has 0 radical (unpaired) electrons. The third-order valence-electron chi connectivity index (χ3n) is 4.26. The molecular weight excluding hydrogens is 380 g/mol. The molecule has 30 heavy (non-hydrogen) atoms. The first-order valence-corrected chi connectivity index (χ1v) is 9.57. The summed E-state index contributed by atoms with van der Waals surface area (Å²) < 4.78 is 11.4. The molecule has 0 aliphatic carbocycles. The average Bonchev–Trinajstić information content (AvgIpc) is 2.77. The van der Waals surface area contributed by atoms with Crippen molar-refractivity contribution in [3.8, 4) is 11.5 Å². The number of ether oxygens (including phenoxy) is 2. The maximum absolute atomic E-state index is 12.8. The molecule has 0 fully saturated rings. The molecule has 0 saturated heterocycles. The molecule has 0 aliphatic rings. The van der Waals surface area contributed by atoms with Gasteiger partial charge in [0.25, 0.3) is 11.8 Å². The number of amides is 2. The van der Waals surface area contributed by atoms with Crippen LogP contribution in [0.15, 0.2) is 78.9 Å². The van der Waals surface area contributed by atoms with Crippen molar-refractivity contribution in [2.45, 2.75) is 0 Å². The van der Waals surface area contributed by atoms with Crippen LogP contribution in [0.2, 0.25) is 0 Å². The fraction of sp³-hybridized carbons (Fsp3) is 0.167. The van der Waals surface area contributed by atoms with Crippen LogP contribution in [0.4, 0.5) is 5.69 Å². The zero-order valence-electron chi connectivity index (χ0n) is 17.0. The summed E-state index contributed by atoms with van der Waals surface area (Å²) in [6.07, 6.45) is 0. The minimum absolute atomic E-state index is 0.131. The number of hydrogen-bond donors (Lipinski definition) is 1. The zero-order chi connectivity index (χ0) is 21.3. The van der Waals surface area contributed by atoms with E-state index in [4.69, 9.17) is 9.47 Å². The standard InChI is InChI=1S/C24H24N2O4/c1-26(2)24(28)18-9-8-10-19(17-18)25-23(27)21-13-6-7-14-22(21)30-16-15-29-20-11-4-3-5-12-20/h3-14,17H,15-16H2,1-2H3,(H,25,27). The summed E-state index contributed by atoms with van der Waals surface area (Å²) in [5.74, 6) is 0.781. The van der Waals surface area contributed by atoms with Crippen LogP contribution < -0.4 is 14.8 Å². The highest BCUT2D eigenvalue weighted by atomic mass is 16.5. The lowest BCUT2D eigenvalue weighted by Gasteiger charge is -2.14. The summed E-state index contributed by atoms with van der Waals surface area (Å²) in [5, 5.41) is 2.83. The Morgan fingerprint density at radius 2 is 1.53 bits per heavy atom. The molecule has 0 heterocycles. The van der Waals surface area contributed by atoms with Gasteiger partial charge in [0.1, 0.15) is 24.7 Å². The second kappa shape index (κ2) is 10.1. The Morgan fingerprint density at radius 3 is 2.30 bits per heavy atom. The summed E-state index contributed by atoms with van der Waals surface area (Å²) in [7, 11) is 3.37. The van der Waals surface area contributed by atoms with E-state index >= 15 is 0 Å². The van der Waals surface area contributed by atoms with E-state index < -0.39 is 0 Å². The van der Waals surface area contributed by atoms with Gasteiger partial charge in [0.2, 0.25) is 0 Å². The third kappa shape index (κ3) is 5.61. The number of carbonyl (C=O) groups is 2. The minimum atomic E-state index is -0.316. The maximum atomic E-state index is 12.8. The van der Waals surface area contributed by atoms with Crippen LogP contribution in [0.3, 0.4) is 0 Å². The summed E-state index contributed by atoms with van der Waals surface area (Å²) in [4.78, 5) is 26.4. The lowest BCUT2D eigenvalue weighted by atomic mass is 10.1. The van der Waals surface area contributed by atoms with E-state index in [1.165, 1.54) is 4.90 Å². The fourth-order valence-corrected chi connectivity index (χ4v) is 2.79. The summed E-state index contributed by atoms with van der Waals surface area (Å²) in [5.41, 5.74) is 1.44. The van der Waals surface area contributed by atoms with Crippen molar-refractivity contribution < 1.29 is 19.1 Å². The molecule has 3 aromatic carbocycles. The van der Waals surface area contributed by atoms with Gasteiger partial charge in [0, 0.05) is 25.3 Å². The first-order valence-electron chi connectivity index (χ1n) is 9.57. The van der Waals surface area contributed by atoms with Crippen molar-refractivity contribution in [3.63, 3.8) is 0 Å². The number of rotatable bonds is 8. The molecule has 0 atom stereocenters. The van der Waals surface area contributed by atoms with Gasteiger partial charge >= 0.3 is 0 Å². The van der Waals surface area contributed by atoms with Crippen molar-refractivity contribution in [3.05, 3.63) is 90.0 Å². The van der Waals surface area contributed by atoms with Crippen molar-refractivity contribution in [1.29, 1.82) is 0 Å². The Morgan fingerprint density at radius 1 is 0.833 bits per heavy atom. The van der Waals surface area contributed by atoms with E-state index in [9.17, 15) is 9.59 Å². The Hall–Kier alpha value is -3.80. The van der Waals surface area contributed by atoms with Crippen molar-refractivity contribution in [2.75, 3.05) is 32.6 Å². The highest BCUT2D eigenvalue weighted by Crippen LogP contribution is 2.21. The monoisotopic (exact) mass is 404 g/mol. The van der Waals surface area contributed by atoms with Gasteiger partial charge in [-0.05, 0) is 42.5 Å². The van der Waals surface area contributed by atoms with Gasteiger partial charge in [-0.2, -0.15) is 0 Å². The third-order valence-corrected chi connectivity index (χ3v) is 4.26. The average molecular weight is 404 g/mol. The molecule has 0 aromatic heterocycles. The molecular formula is C24H24N2O4. The number of nitrogens with one attached hydrogen (secondary N) is 1. The number of carbonyl (C=O) groups excluding carboxylic acids is 2. The van der Waals surface area contributed by atoms with Gasteiger partial charge in [-0.15, -0.1) is 0 Å². The van der Waals surface area contributed by atoms with Crippen molar-refractivity contribution in [2.24, 2.45) is 0 Å². The largest absolute Gasteiger partial charge is 0.490 e. The minimum Gasteiger partial charge on any atom is -0.490 e. The predicted molar refractivity (Wildman–Crippen MR) is 116 cm³/mol. The first-order chi connectivity index (χ1) is 14.5. The van der Waals surface area contributed by atoms with Crippen molar-refractivity contribution >= 4 is 17.5 Å². The van der Waals surface area contributed by atoms with Crippen LogP contribution in [-0.2, 0) is 0 Å². The molecule has 3 aromatic rings. The van der Waals surface area contributed by atoms with E-state index in [1.807, 2.05) is 30.3 Å². The highest BCUT2D eigenvalue weighted by Gasteiger charge is 2.14. The van der Waals surface area contributed by atoms with Crippen molar-refractivity contribution in [1.82, 2.24) is 4.90 Å². The van der Waals surface area contributed by atoms with Crippen LogP contribution in [0, 0.1) is 0 Å². The molecule has 0 unspecified atom stereocenters. The SMILES string of the molecule is CN(C)C(=O)c1cccc(NC(=O)c2ccccc2OCCOc2ccccc2)c1. The van der Waals surface area contributed by atoms with E-state index in [-0.39, 0.29) is 11.8 Å². The molecule has 0 spiro atoms. The Balaban J connectivity index is 1.63. The molecule has 2 amide bonds. The lowest BCUT2D eigenvalue weighted by Crippen LogP contribution is -2.22. The lowest BCUT2D eigenvalue weighted by molar-refractivity contribution is 0.0827. The zero-order valence-corrected chi connectivity index (χ0v) is 17.0. The number of anilines is 1. The van der Waals surface area contributed by atoms with E-state index in [0.717, 1.165) is 5.75 Å². The molecule has 154 valence electrons. The maximum Gasteiger partial charge on any atom is 0.259 e. The fourth-order valence-electron chi connectivity index (χ4n) is 2.79. The van der Waals surface area contributed by atoms with Crippen LogP contribution in [0.25, 0.3) is 0 Å². The topological polar surface area (TPSA) is 67.9 Å². The van der Waals surface area contributed by atoms with Gasteiger partial charge in [0.05, 0.1) is 5.56 Å². The van der Waals surface area contributed by atoms with Gasteiger partial charge in [-0.25, -0.2) is 0 Å². The molecule has 1 N–H and O–H groups in total. The van der Waals surface area contributed by atoms with E-state index in [0.29, 0.717) is 35.8 Å². The molecule has 0 saturated carbocycles. The van der Waals surface area contributed by atoms with Gasteiger partial charge in [0.15, 0.2) is 0 Å². The van der Waals surface area contributed by atoms with Crippen LogP contribution >= 0.6 is 0 Å². The number of hydrogen-bond acceptors (Lipinski definition) is 4. The molecule has 6 nitrogen and oxygen atoms in total. The number of nitrogens with zero attached hydrogens (tertiary/aromatic N) is 1. The van der Waals surface area contributed by atoms with Crippen LogP contribution in [0.5, 0.6) is 11.5 Å². The molecule has 6 heteroatoms. The summed E-state index contributed by atoms with van der Waals surface area (Å²) in [6, 6.07) is 23.3.